The first-order chi connectivity index (χ1) is 17.3. The molecule has 0 radical (unpaired) electrons. The SMILES string of the molecule is CCc1ccc(C)c(F)c1.CO/N=C/c1ccc2c(C(C)=O)c(C(C)C)n(Cc3ccccn3)c2c1. The summed E-state index contributed by atoms with van der Waals surface area (Å²) in [5.74, 6) is 0.192. The summed E-state index contributed by atoms with van der Waals surface area (Å²) in [5.41, 5.74) is 6.49. The van der Waals surface area contributed by atoms with Gasteiger partial charge in [0.2, 0.25) is 0 Å². The Hall–Kier alpha value is -3.80. The summed E-state index contributed by atoms with van der Waals surface area (Å²) in [6.45, 7) is 10.3. The van der Waals surface area contributed by atoms with Crippen molar-refractivity contribution in [2.24, 2.45) is 5.16 Å². The second kappa shape index (κ2) is 12.2. The predicted molar refractivity (Wildman–Crippen MR) is 144 cm³/mol. The van der Waals surface area contributed by atoms with Gasteiger partial charge in [-0.3, -0.25) is 9.78 Å². The van der Waals surface area contributed by atoms with Gasteiger partial charge in [0, 0.05) is 28.4 Å². The Bertz CT molecular complexity index is 1360. The molecule has 0 atom stereocenters. The van der Waals surface area contributed by atoms with Crippen molar-refractivity contribution >= 4 is 22.9 Å². The van der Waals surface area contributed by atoms with Gasteiger partial charge in [0.15, 0.2) is 5.78 Å². The lowest BCUT2D eigenvalue weighted by molar-refractivity contribution is 0.101. The van der Waals surface area contributed by atoms with Crippen LogP contribution in [0, 0.1) is 12.7 Å². The van der Waals surface area contributed by atoms with Crippen LogP contribution < -0.4 is 0 Å². The molecule has 5 nitrogen and oxygen atoms in total. The first kappa shape index (κ1) is 26.8. The van der Waals surface area contributed by atoms with Gasteiger partial charge in [-0.2, -0.15) is 0 Å². The van der Waals surface area contributed by atoms with Crippen molar-refractivity contribution in [3.8, 4) is 0 Å². The molecule has 0 amide bonds. The van der Waals surface area contributed by atoms with Crippen LogP contribution in [0.2, 0.25) is 0 Å². The van der Waals surface area contributed by atoms with Crippen molar-refractivity contribution in [1.82, 2.24) is 9.55 Å². The molecular formula is C30H34FN3O2. The van der Waals surface area contributed by atoms with Gasteiger partial charge in [-0.15, -0.1) is 0 Å². The quantitative estimate of drug-likeness (QED) is 0.159. The van der Waals surface area contributed by atoms with Crippen LogP contribution in [0.15, 0.2) is 65.9 Å². The topological polar surface area (TPSA) is 56.5 Å². The van der Waals surface area contributed by atoms with E-state index in [1.165, 1.54) is 7.11 Å². The maximum absolute atomic E-state index is 12.8. The van der Waals surface area contributed by atoms with Crippen LogP contribution in [-0.2, 0) is 17.8 Å². The first-order valence-electron chi connectivity index (χ1n) is 12.1. The molecule has 0 saturated carbocycles. The number of nitrogens with zero attached hydrogens (tertiary/aromatic N) is 3. The molecule has 0 unspecified atom stereocenters. The molecule has 188 valence electrons. The number of oxime groups is 1. The van der Waals surface area contributed by atoms with E-state index in [0.717, 1.165) is 51.0 Å². The number of aromatic nitrogens is 2. The molecule has 0 bridgehead atoms. The van der Waals surface area contributed by atoms with Gasteiger partial charge in [-0.25, -0.2) is 4.39 Å². The van der Waals surface area contributed by atoms with Crippen LogP contribution in [0.25, 0.3) is 10.9 Å². The number of pyridine rings is 1. The van der Waals surface area contributed by atoms with Crippen LogP contribution in [0.5, 0.6) is 0 Å². The third-order valence-corrected chi connectivity index (χ3v) is 6.03. The Balaban J connectivity index is 0.000000303. The number of carbonyl (C=O) groups excluding carboxylic acids is 1. The fourth-order valence-electron chi connectivity index (χ4n) is 4.23. The molecular weight excluding hydrogens is 453 g/mol. The van der Waals surface area contributed by atoms with Crippen molar-refractivity contribution in [3.63, 3.8) is 0 Å². The summed E-state index contributed by atoms with van der Waals surface area (Å²) in [7, 11) is 1.52. The molecule has 2 heterocycles. The smallest absolute Gasteiger partial charge is 0.162 e. The van der Waals surface area contributed by atoms with Gasteiger partial charge >= 0.3 is 0 Å². The number of benzene rings is 2. The highest BCUT2D eigenvalue weighted by Gasteiger charge is 2.22. The average molecular weight is 488 g/mol. The monoisotopic (exact) mass is 487 g/mol. The van der Waals surface area contributed by atoms with Gasteiger partial charge in [-0.05, 0) is 67.1 Å². The third-order valence-electron chi connectivity index (χ3n) is 6.03. The van der Waals surface area contributed by atoms with Crippen molar-refractivity contribution in [2.75, 3.05) is 7.11 Å². The van der Waals surface area contributed by atoms with E-state index in [4.69, 9.17) is 4.84 Å². The van der Waals surface area contributed by atoms with E-state index in [1.54, 1.807) is 32.3 Å². The normalized spacial score (nSPS) is 11.1. The van der Waals surface area contributed by atoms with Gasteiger partial charge in [0.25, 0.3) is 0 Å². The van der Waals surface area contributed by atoms with E-state index in [1.807, 2.05) is 55.5 Å². The van der Waals surface area contributed by atoms with E-state index in [-0.39, 0.29) is 17.5 Å². The van der Waals surface area contributed by atoms with Gasteiger partial charge < -0.3 is 9.40 Å². The minimum Gasteiger partial charge on any atom is -0.399 e. The van der Waals surface area contributed by atoms with E-state index in [0.29, 0.717) is 6.54 Å². The molecule has 4 rings (SSSR count). The number of aryl methyl sites for hydroxylation is 2. The van der Waals surface area contributed by atoms with Crippen LogP contribution >= 0.6 is 0 Å². The molecule has 4 aromatic rings. The van der Waals surface area contributed by atoms with Gasteiger partial charge in [0.1, 0.15) is 12.9 Å². The summed E-state index contributed by atoms with van der Waals surface area (Å²) in [6, 6.07) is 17.2. The molecule has 2 aromatic heterocycles. The standard InChI is InChI=1S/C21H23N3O2.C9H11F/c1-14(2)21-20(15(3)25)18-9-8-16(12-23-26-4)11-19(18)24(21)13-17-7-5-6-10-22-17;1-3-8-5-4-7(2)9(10)6-8/h5-12,14H,13H2,1-4H3;4-6H,3H2,1-2H3/b23-12+;. The Morgan fingerprint density at radius 1 is 1.17 bits per heavy atom. The molecule has 0 aliphatic heterocycles. The molecule has 2 aromatic carbocycles. The number of halogens is 1. The lowest BCUT2D eigenvalue weighted by Gasteiger charge is -2.14. The zero-order valence-corrected chi connectivity index (χ0v) is 21.9. The maximum Gasteiger partial charge on any atom is 0.162 e. The van der Waals surface area contributed by atoms with Crippen molar-refractivity contribution in [3.05, 3.63) is 100 Å². The minimum atomic E-state index is -0.0978. The van der Waals surface area contributed by atoms with Gasteiger partial charge in [-0.1, -0.05) is 56.3 Å². The first-order valence-corrected chi connectivity index (χ1v) is 12.1. The van der Waals surface area contributed by atoms with Crippen LogP contribution in [0.1, 0.15) is 72.0 Å². The number of hydrogen-bond acceptors (Lipinski definition) is 4. The lowest BCUT2D eigenvalue weighted by atomic mass is 10.0. The lowest BCUT2D eigenvalue weighted by Crippen LogP contribution is -2.09. The van der Waals surface area contributed by atoms with Crippen molar-refractivity contribution < 1.29 is 14.0 Å². The maximum atomic E-state index is 12.8. The highest BCUT2D eigenvalue weighted by atomic mass is 19.1. The molecule has 0 N–H and O–H groups in total. The average Bonchev–Trinajstić information content (AvgIpc) is 3.19. The van der Waals surface area contributed by atoms with E-state index in [9.17, 15) is 9.18 Å². The van der Waals surface area contributed by atoms with Crippen molar-refractivity contribution in [1.29, 1.82) is 0 Å². The number of carbonyl (C=O) groups is 1. The third kappa shape index (κ3) is 6.25. The van der Waals surface area contributed by atoms with E-state index >= 15 is 0 Å². The summed E-state index contributed by atoms with van der Waals surface area (Å²) < 4.78 is 15.0. The zero-order valence-electron chi connectivity index (χ0n) is 21.9. The summed E-state index contributed by atoms with van der Waals surface area (Å²) in [6.07, 6.45) is 4.36. The van der Waals surface area contributed by atoms with E-state index in [2.05, 4.69) is 28.6 Å². The highest BCUT2D eigenvalue weighted by Crippen LogP contribution is 2.33. The van der Waals surface area contributed by atoms with Gasteiger partial charge in [0.05, 0.1) is 18.5 Å². The summed E-state index contributed by atoms with van der Waals surface area (Å²) >= 11 is 0. The van der Waals surface area contributed by atoms with Crippen LogP contribution in [0.4, 0.5) is 4.39 Å². The zero-order chi connectivity index (χ0) is 26.2. The molecule has 0 fully saturated rings. The Morgan fingerprint density at radius 2 is 1.94 bits per heavy atom. The van der Waals surface area contributed by atoms with Crippen LogP contribution in [-0.4, -0.2) is 28.7 Å². The Labute approximate surface area is 212 Å². The molecule has 36 heavy (non-hydrogen) atoms. The highest BCUT2D eigenvalue weighted by molar-refractivity contribution is 6.09. The molecule has 0 aliphatic carbocycles. The Morgan fingerprint density at radius 3 is 2.53 bits per heavy atom. The second-order valence-corrected chi connectivity index (χ2v) is 9.01. The summed E-state index contributed by atoms with van der Waals surface area (Å²) in [5, 5.41) is 4.81. The molecule has 0 saturated heterocycles. The predicted octanol–water partition coefficient (Wildman–Crippen LogP) is 7.09. The number of hydrogen-bond donors (Lipinski definition) is 0. The molecule has 0 spiro atoms. The van der Waals surface area contributed by atoms with Crippen LogP contribution in [0.3, 0.4) is 0 Å². The van der Waals surface area contributed by atoms with Crippen molar-refractivity contribution in [2.45, 2.75) is 53.5 Å². The number of fused-ring (bicyclic) bond motifs is 1. The number of ketones is 1. The Kier molecular flexibility index (Phi) is 9.12. The summed E-state index contributed by atoms with van der Waals surface area (Å²) in [4.78, 5) is 21.7. The number of rotatable bonds is 7. The minimum absolute atomic E-state index is 0.0804. The largest absolute Gasteiger partial charge is 0.399 e. The fraction of sp³-hybridized carbons (Fsp3) is 0.300. The second-order valence-electron chi connectivity index (χ2n) is 9.01. The fourth-order valence-corrected chi connectivity index (χ4v) is 4.23. The number of Topliss-reactive ketones (excluding diaryl/α,β-unsaturated/α-hetero) is 1. The molecule has 6 heteroatoms. The molecule has 0 aliphatic rings. The van der Waals surface area contributed by atoms with E-state index < -0.39 is 0 Å².